The van der Waals surface area contributed by atoms with Crippen LogP contribution in [0.5, 0.6) is 0 Å². The van der Waals surface area contributed by atoms with E-state index >= 15 is 0 Å². The minimum absolute atomic E-state index is 0.00528. The highest BCUT2D eigenvalue weighted by Crippen LogP contribution is 2.21. The van der Waals surface area contributed by atoms with E-state index in [1.165, 1.54) is 23.7 Å². The lowest BCUT2D eigenvalue weighted by Crippen LogP contribution is -2.23. The molecule has 1 heterocycles. The van der Waals surface area contributed by atoms with E-state index < -0.39 is 0 Å². The van der Waals surface area contributed by atoms with Crippen LogP contribution in [0, 0.1) is 5.82 Å². The molecule has 1 N–H and O–H groups in total. The normalized spacial score (nSPS) is 12.6. The largest absolute Gasteiger partial charge is 0.305 e. The zero-order chi connectivity index (χ0) is 12.1. The SMILES string of the molecule is CCCNC(c1ccc(F)cc1)c1csnn1. The van der Waals surface area contributed by atoms with Gasteiger partial charge >= 0.3 is 0 Å². The summed E-state index contributed by atoms with van der Waals surface area (Å²) in [6, 6.07) is 6.49. The number of rotatable bonds is 5. The van der Waals surface area contributed by atoms with Crippen molar-refractivity contribution < 1.29 is 4.39 Å². The van der Waals surface area contributed by atoms with Gasteiger partial charge in [-0.1, -0.05) is 23.5 Å². The van der Waals surface area contributed by atoms with Gasteiger partial charge in [-0.25, -0.2) is 4.39 Å². The molecule has 1 unspecified atom stereocenters. The fraction of sp³-hybridized carbons (Fsp3) is 0.333. The van der Waals surface area contributed by atoms with Crippen molar-refractivity contribution in [2.45, 2.75) is 19.4 Å². The second-order valence-electron chi connectivity index (χ2n) is 3.77. The molecule has 90 valence electrons. The molecule has 0 aliphatic heterocycles. The van der Waals surface area contributed by atoms with Crippen molar-refractivity contribution in [1.29, 1.82) is 0 Å². The van der Waals surface area contributed by atoms with E-state index in [0.29, 0.717) is 0 Å². The molecule has 0 fully saturated rings. The second-order valence-corrected chi connectivity index (χ2v) is 4.38. The topological polar surface area (TPSA) is 37.8 Å². The van der Waals surface area contributed by atoms with Crippen LogP contribution in [0.25, 0.3) is 0 Å². The zero-order valence-electron chi connectivity index (χ0n) is 9.56. The first kappa shape index (κ1) is 12.1. The maximum Gasteiger partial charge on any atom is 0.123 e. The minimum Gasteiger partial charge on any atom is -0.305 e. The third-order valence-corrected chi connectivity index (χ3v) is 3.00. The standard InChI is InChI=1S/C12H14FN3S/c1-2-7-14-12(11-8-17-16-15-11)9-3-5-10(13)6-4-9/h3-6,8,12,14H,2,7H2,1H3. The molecule has 0 spiro atoms. The van der Waals surface area contributed by atoms with Gasteiger partial charge in [-0.2, -0.15) is 0 Å². The molecule has 0 saturated heterocycles. The maximum absolute atomic E-state index is 12.9. The number of aromatic nitrogens is 2. The number of nitrogens with zero attached hydrogens (tertiary/aromatic N) is 2. The third kappa shape index (κ3) is 3.08. The van der Waals surface area contributed by atoms with Gasteiger partial charge in [0.05, 0.1) is 11.7 Å². The maximum atomic E-state index is 12.9. The Balaban J connectivity index is 2.23. The van der Waals surface area contributed by atoms with E-state index in [9.17, 15) is 4.39 Å². The zero-order valence-corrected chi connectivity index (χ0v) is 10.4. The molecular weight excluding hydrogens is 237 g/mol. The summed E-state index contributed by atoms with van der Waals surface area (Å²) in [7, 11) is 0. The van der Waals surface area contributed by atoms with Crippen molar-refractivity contribution in [1.82, 2.24) is 14.9 Å². The predicted octanol–water partition coefficient (Wildman–Crippen LogP) is 2.77. The molecule has 5 heteroatoms. The first-order valence-corrected chi connectivity index (χ1v) is 6.40. The van der Waals surface area contributed by atoms with Gasteiger partial charge in [-0.05, 0) is 42.2 Å². The predicted molar refractivity (Wildman–Crippen MR) is 66.4 cm³/mol. The molecule has 0 saturated carbocycles. The Kier molecular flexibility index (Phi) is 4.17. The van der Waals surface area contributed by atoms with E-state index in [1.54, 1.807) is 12.1 Å². The number of hydrogen-bond donors (Lipinski definition) is 1. The Morgan fingerprint density at radius 3 is 2.71 bits per heavy atom. The van der Waals surface area contributed by atoms with E-state index in [1.807, 2.05) is 5.38 Å². The second kappa shape index (κ2) is 5.84. The number of halogens is 1. The van der Waals surface area contributed by atoms with Gasteiger partial charge in [0.1, 0.15) is 5.82 Å². The van der Waals surface area contributed by atoms with Gasteiger partial charge in [0, 0.05) is 5.38 Å². The Morgan fingerprint density at radius 2 is 2.12 bits per heavy atom. The van der Waals surface area contributed by atoms with Crippen molar-refractivity contribution in [3.63, 3.8) is 0 Å². The number of benzene rings is 1. The van der Waals surface area contributed by atoms with Crippen LogP contribution in [-0.2, 0) is 0 Å². The highest BCUT2D eigenvalue weighted by atomic mass is 32.1. The summed E-state index contributed by atoms with van der Waals surface area (Å²) in [5.74, 6) is -0.223. The minimum atomic E-state index is -0.223. The Bertz CT molecular complexity index is 441. The molecular formula is C12H14FN3S. The quantitative estimate of drug-likeness (QED) is 0.888. The van der Waals surface area contributed by atoms with Gasteiger partial charge in [0.15, 0.2) is 0 Å². The average molecular weight is 251 g/mol. The first-order valence-electron chi connectivity index (χ1n) is 5.57. The lowest BCUT2D eigenvalue weighted by Gasteiger charge is -2.16. The Labute approximate surface area is 104 Å². The average Bonchev–Trinajstić information content (AvgIpc) is 2.85. The monoisotopic (exact) mass is 251 g/mol. The van der Waals surface area contributed by atoms with E-state index in [4.69, 9.17) is 0 Å². The van der Waals surface area contributed by atoms with Crippen LogP contribution in [0.4, 0.5) is 4.39 Å². The van der Waals surface area contributed by atoms with Crippen LogP contribution in [0.2, 0.25) is 0 Å². The van der Waals surface area contributed by atoms with Crippen LogP contribution >= 0.6 is 11.5 Å². The molecule has 0 aliphatic carbocycles. The van der Waals surface area contributed by atoms with E-state index in [2.05, 4.69) is 21.8 Å². The van der Waals surface area contributed by atoms with Gasteiger partial charge in [-0.15, -0.1) is 5.10 Å². The molecule has 2 rings (SSSR count). The van der Waals surface area contributed by atoms with E-state index in [0.717, 1.165) is 24.2 Å². The third-order valence-electron chi connectivity index (χ3n) is 2.47. The Hall–Kier alpha value is -1.33. The van der Waals surface area contributed by atoms with E-state index in [-0.39, 0.29) is 11.9 Å². The smallest absolute Gasteiger partial charge is 0.123 e. The van der Waals surface area contributed by atoms with Crippen molar-refractivity contribution in [2.75, 3.05) is 6.54 Å². The van der Waals surface area contributed by atoms with Crippen LogP contribution < -0.4 is 5.32 Å². The lowest BCUT2D eigenvalue weighted by molar-refractivity contribution is 0.581. The number of nitrogens with one attached hydrogen (secondary N) is 1. The van der Waals surface area contributed by atoms with Crippen molar-refractivity contribution in [2.24, 2.45) is 0 Å². The molecule has 0 bridgehead atoms. The first-order chi connectivity index (χ1) is 8.31. The number of hydrogen-bond acceptors (Lipinski definition) is 4. The van der Waals surface area contributed by atoms with Crippen molar-refractivity contribution in [3.05, 3.63) is 46.7 Å². The van der Waals surface area contributed by atoms with Crippen LogP contribution in [0.1, 0.15) is 30.6 Å². The molecule has 0 amide bonds. The Morgan fingerprint density at radius 1 is 1.35 bits per heavy atom. The highest BCUT2D eigenvalue weighted by Gasteiger charge is 2.15. The van der Waals surface area contributed by atoms with Gasteiger partial charge < -0.3 is 5.32 Å². The summed E-state index contributed by atoms with van der Waals surface area (Å²) in [5.41, 5.74) is 1.89. The fourth-order valence-electron chi connectivity index (χ4n) is 1.63. The summed E-state index contributed by atoms with van der Waals surface area (Å²) in [5, 5.41) is 9.38. The summed E-state index contributed by atoms with van der Waals surface area (Å²) < 4.78 is 16.8. The molecule has 2 aromatic rings. The summed E-state index contributed by atoms with van der Waals surface area (Å²) in [6.45, 7) is 2.99. The molecule has 1 atom stereocenters. The van der Waals surface area contributed by atoms with Gasteiger partial charge in [-0.3, -0.25) is 0 Å². The lowest BCUT2D eigenvalue weighted by atomic mass is 10.0. The highest BCUT2D eigenvalue weighted by molar-refractivity contribution is 7.03. The fourth-order valence-corrected chi connectivity index (χ4v) is 2.11. The van der Waals surface area contributed by atoms with Crippen molar-refractivity contribution >= 4 is 11.5 Å². The van der Waals surface area contributed by atoms with Crippen LogP contribution in [0.3, 0.4) is 0 Å². The van der Waals surface area contributed by atoms with Gasteiger partial charge in [0.2, 0.25) is 0 Å². The van der Waals surface area contributed by atoms with Gasteiger partial charge in [0.25, 0.3) is 0 Å². The molecule has 0 aliphatic rings. The molecule has 17 heavy (non-hydrogen) atoms. The van der Waals surface area contributed by atoms with Crippen LogP contribution in [0.15, 0.2) is 29.6 Å². The summed E-state index contributed by atoms with van der Waals surface area (Å²) in [4.78, 5) is 0. The molecule has 3 nitrogen and oxygen atoms in total. The van der Waals surface area contributed by atoms with Crippen molar-refractivity contribution in [3.8, 4) is 0 Å². The van der Waals surface area contributed by atoms with Crippen LogP contribution in [-0.4, -0.2) is 16.1 Å². The molecule has 0 radical (unpaired) electrons. The summed E-state index contributed by atoms with van der Waals surface area (Å²) >= 11 is 1.32. The molecule has 1 aromatic carbocycles. The molecule has 1 aromatic heterocycles. The summed E-state index contributed by atoms with van der Waals surface area (Å²) in [6.07, 6.45) is 1.04.